The van der Waals surface area contributed by atoms with Crippen molar-refractivity contribution in [1.29, 1.82) is 0 Å². The van der Waals surface area contributed by atoms with Gasteiger partial charge in [-0.15, -0.1) is 0 Å². The van der Waals surface area contributed by atoms with Crippen molar-refractivity contribution in [3.05, 3.63) is 32.6 Å². The van der Waals surface area contributed by atoms with Crippen LogP contribution in [0.1, 0.15) is 57.2 Å². The van der Waals surface area contributed by atoms with Gasteiger partial charge in [0.25, 0.3) is 5.56 Å². The average Bonchev–Trinajstić information content (AvgIpc) is 3.10. The van der Waals surface area contributed by atoms with Crippen molar-refractivity contribution in [2.75, 3.05) is 18.9 Å². The van der Waals surface area contributed by atoms with Crippen LogP contribution in [-0.2, 0) is 23.8 Å². The van der Waals surface area contributed by atoms with Gasteiger partial charge in [0.15, 0.2) is 0 Å². The van der Waals surface area contributed by atoms with Crippen LogP contribution in [0, 0.1) is 11.8 Å². The molecular formula is C19H30N3O10PS. The number of H-pyrrole nitrogens is 1. The number of aliphatic hydroxyl groups is 1. The Bertz CT molecular complexity index is 1150. The fraction of sp³-hybridized carbons (Fsp3) is 0.684. The highest BCUT2D eigenvalue weighted by molar-refractivity contribution is 7.89. The predicted octanol–water partition coefficient (Wildman–Crippen LogP) is -0.464. The molecule has 192 valence electrons. The van der Waals surface area contributed by atoms with Crippen LogP contribution in [0.4, 0.5) is 0 Å². The zero-order chi connectivity index (χ0) is 25.4. The number of nitrogens with one attached hydrogen (secondary N) is 2. The predicted molar refractivity (Wildman–Crippen MR) is 121 cm³/mol. The number of phosphoric acid groups is 1. The smallest absolute Gasteiger partial charge is 0.390 e. The topological polar surface area (TPSA) is 197 Å². The van der Waals surface area contributed by atoms with Crippen LogP contribution in [-0.4, -0.2) is 64.0 Å². The van der Waals surface area contributed by atoms with E-state index in [1.165, 1.54) is 0 Å². The van der Waals surface area contributed by atoms with Gasteiger partial charge in [-0.2, -0.15) is 0 Å². The first-order valence-electron chi connectivity index (χ1n) is 10.8. The van der Waals surface area contributed by atoms with Crippen LogP contribution >= 0.6 is 7.82 Å². The van der Waals surface area contributed by atoms with E-state index in [9.17, 15) is 27.7 Å². The molecule has 34 heavy (non-hydrogen) atoms. The third kappa shape index (κ3) is 9.44. The summed E-state index contributed by atoms with van der Waals surface area (Å²) in [4.78, 5) is 43.9. The summed E-state index contributed by atoms with van der Waals surface area (Å²) in [5.74, 6) is 5.01. The van der Waals surface area contributed by atoms with Crippen molar-refractivity contribution in [3.8, 4) is 11.8 Å². The van der Waals surface area contributed by atoms with Gasteiger partial charge in [0.2, 0.25) is 10.0 Å². The molecular weight excluding hydrogens is 493 g/mol. The number of phosphoric ester groups is 1. The maximum Gasteiger partial charge on any atom is 0.469 e. The van der Waals surface area contributed by atoms with Crippen LogP contribution in [0.2, 0.25) is 0 Å². The van der Waals surface area contributed by atoms with Crippen molar-refractivity contribution in [2.24, 2.45) is 0 Å². The highest BCUT2D eigenvalue weighted by Gasteiger charge is 2.37. The third-order valence-corrected chi connectivity index (χ3v) is 6.91. The third-order valence-electron chi connectivity index (χ3n) is 5.01. The molecule has 2 heterocycles. The summed E-state index contributed by atoms with van der Waals surface area (Å²) < 4.78 is 47.9. The molecule has 1 unspecified atom stereocenters. The molecule has 0 aromatic carbocycles. The van der Waals surface area contributed by atoms with E-state index in [1.807, 2.05) is 0 Å². The molecule has 1 aliphatic heterocycles. The summed E-state index contributed by atoms with van der Waals surface area (Å²) in [7, 11) is -8.27. The number of aromatic nitrogens is 2. The van der Waals surface area contributed by atoms with Gasteiger partial charge in [-0.05, 0) is 6.42 Å². The number of unbranched alkanes of at least 4 members (excludes halogenated alkanes) is 4. The summed E-state index contributed by atoms with van der Waals surface area (Å²) in [5.41, 5.74) is -1.76. The van der Waals surface area contributed by atoms with E-state index < -0.39 is 54.1 Å². The Kier molecular flexibility index (Phi) is 10.7. The molecule has 1 saturated heterocycles. The van der Waals surface area contributed by atoms with E-state index in [1.54, 1.807) is 0 Å². The van der Waals surface area contributed by atoms with E-state index in [4.69, 9.17) is 14.5 Å². The molecule has 1 aromatic heterocycles. The number of hydrogen-bond acceptors (Lipinski definition) is 8. The maximum absolute atomic E-state index is 12.2. The van der Waals surface area contributed by atoms with Gasteiger partial charge in [0, 0.05) is 12.6 Å². The van der Waals surface area contributed by atoms with Crippen molar-refractivity contribution in [3.63, 3.8) is 0 Å². The Morgan fingerprint density at radius 1 is 1.29 bits per heavy atom. The minimum Gasteiger partial charge on any atom is -0.390 e. The van der Waals surface area contributed by atoms with Crippen molar-refractivity contribution >= 4 is 17.8 Å². The summed E-state index contributed by atoms with van der Waals surface area (Å²) in [6.45, 7) is 1.24. The molecule has 1 aliphatic rings. The van der Waals surface area contributed by atoms with Crippen LogP contribution < -0.4 is 16.0 Å². The first-order valence-corrected chi connectivity index (χ1v) is 14.0. The van der Waals surface area contributed by atoms with Gasteiger partial charge in [0.1, 0.15) is 17.9 Å². The Balaban J connectivity index is 2.00. The highest BCUT2D eigenvalue weighted by Crippen LogP contribution is 2.38. The quantitative estimate of drug-likeness (QED) is 0.136. The highest BCUT2D eigenvalue weighted by atomic mass is 32.2. The molecule has 15 heteroatoms. The van der Waals surface area contributed by atoms with E-state index in [0.717, 1.165) is 36.4 Å². The largest absolute Gasteiger partial charge is 0.469 e. The SMILES string of the molecule is CCCCCCCS(=O)(=O)NCC#Cc1cn([C@H]2CC(O)[C@@H](COP(=O)(O)O)O2)c(=O)[nH]c1=O. The minimum absolute atomic E-state index is 0.0158. The molecule has 5 N–H and O–H groups in total. The van der Waals surface area contributed by atoms with Gasteiger partial charge in [-0.25, -0.2) is 22.5 Å². The second-order valence-electron chi connectivity index (χ2n) is 7.78. The number of sulfonamides is 1. The molecule has 0 saturated carbocycles. The Morgan fingerprint density at radius 2 is 2.00 bits per heavy atom. The lowest BCUT2D eigenvalue weighted by Crippen LogP contribution is -2.34. The molecule has 1 aromatic rings. The number of nitrogens with zero attached hydrogens (tertiary/aromatic N) is 1. The lowest BCUT2D eigenvalue weighted by atomic mass is 10.2. The van der Waals surface area contributed by atoms with E-state index in [-0.39, 0.29) is 24.3 Å². The van der Waals surface area contributed by atoms with Crippen LogP contribution in [0.5, 0.6) is 0 Å². The number of aliphatic hydroxyl groups excluding tert-OH is 1. The maximum atomic E-state index is 12.2. The fourth-order valence-corrected chi connectivity index (χ4v) is 4.61. The van der Waals surface area contributed by atoms with E-state index in [0.29, 0.717) is 6.42 Å². The molecule has 13 nitrogen and oxygen atoms in total. The molecule has 0 bridgehead atoms. The van der Waals surface area contributed by atoms with Gasteiger partial charge >= 0.3 is 13.5 Å². The number of ether oxygens (including phenoxy) is 1. The molecule has 3 atom stereocenters. The Hall–Kier alpha value is -1.82. The normalized spacial score (nSPS) is 20.8. The lowest BCUT2D eigenvalue weighted by Gasteiger charge is -2.16. The molecule has 0 spiro atoms. The Labute approximate surface area is 196 Å². The van der Waals surface area contributed by atoms with E-state index >= 15 is 0 Å². The Morgan fingerprint density at radius 3 is 2.68 bits per heavy atom. The van der Waals surface area contributed by atoms with E-state index in [2.05, 4.69) is 33.0 Å². The zero-order valence-corrected chi connectivity index (χ0v) is 20.4. The number of aromatic amines is 1. The van der Waals surface area contributed by atoms with Gasteiger partial charge < -0.3 is 19.6 Å². The summed E-state index contributed by atoms with van der Waals surface area (Å²) in [6.07, 6.45) is 2.13. The lowest BCUT2D eigenvalue weighted by molar-refractivity contribution is -0.0451. The molecule has 2 rings (SSSR count). The molecule has 0 amide bonds. The van der Waals surface area contributed by atoms with Gasteiger partial charge in [0.05, 0.1) is 25.0 Å². The monoisotopic (exact) mass is 523 g/mol. The fourth-order valence-electron chi connectivity index (χ4n) is 3.25. The summed E-state index contributed by atoms with van der Waals surface area (Å²) >= 11 is 0. The number of rotatable bonds is 12. The molecule has 0 radical (unpaired) electrons. The summed E-state index contributed by atoms with van der Waals surface area (Å²) in [6, 6.07) is 0. The van der Waals surface area contributed by atoms with Crippen LogP contribution in [0.25, 0.3) is 0 Å². The molecule has 0 aliphatic carbocycles. The van der Waals surface area contributed by atoms with Crippen LogP contribution in [0.3, 0.4) is 0 Å². The van der Waals surface area contributed by atoms with Crippen molar-refractivity contribution < 1.29 is 37.1 Å². The second kappa shape index (κ2) is 12.8. The average molecular weight is 524 g/mol. The van der Waals surface area contributed by atoms with Gasteiger partial charge in [-0.3, -0.25) is 18.9 Å². The van der Waals surface area contributed by atoms with Gasteiger partial charge in [-0.1, -0.05) is 44.4 Å². The van der Waals surface area contributed by atoms with Crippen LogP contribution in [0.15, 0.2) is 15.8 Å². The first-order chi connectivity index (χ1) is 15.9. The van der Waals surface area contributed by atoms with Crippen molar-refractivity contribution in [1.82, 2.24) is 14.3 Å². The number of hydrogen-bond donors (Lipinski definition) is 5. The first kappa shape index (κ1) is 28.4. The van der Waals surface area contributed by atoms with Crippen molar-refractivity contribution in [2.45, 2.75) is 63.9 Å². The summed E-state index contributed by atoms with van der Waals surface area (Å²) in [5, 5.41) is 10.0. The standard InChI is InChI=1S/C19H30N3O10PS/c1-2-3-4-5-6-10-34(29,30)20-9-7-8-14-12-22(19(25)21-18(14)24)17-11-15(23)16(32-17)13-31-33(26,27)28/h12,15-17,20,23H,2-6,9-11,13H2,1H3,(H,21,24,25)(H2,26,27,28)/t15?,16-,17-/m1/s1. The minimum atomic E-state index is -4.77. The second-order valence-corrected chi connectivity index (χ2v) is 10.9. The molecule has 1 fully saturated rings. The zero-order valence-electron chi connectivity index (χ0n) is 18.7.